The highest BCUT2D eigenvalue weighted by Gasteiger charge is 2.15. The molecule has 2 heterocycles. The quantitative estimate of drug-likeness (QED) is 0.467. The number of carbonyl (C=O) groups excluding carboxylic acids is 1. The van der Waals surface area contributed by atoms with E-state index in [4.69, 9.17) is 9.72 Å². The molecule has 2 aromatic carbocycles. The van der Waals surface area contributed by atoms with Crippen LogP contribution in [0.5, 0.6) is 5.75 Å². The van der Waals surface area contributed by atoms with Crippen LogP contribution in [-0.4, -0.2) is 36.1 Å². The highest BCUT2D eigenvalue weighted by Crippen LogP contribution is 2.25. The van der Waals surface area contributed by atoms with Crippen LogP contribution >= 0.6 is 15.9 Å². The van der Waals surface area contributed by atoms with E-state index in [9.17, 15) is 4.79 Å². The molecule has 1 amide bonds. The Hall–Kier alpha value is -3.13. The molecule has 2 N–H and O–H groups in total. The topological polar surface area (TPSA) is 79.4 Å². The Kier molecular flexibility index (Phi) is 6.90. The first-order valence-electron chi connectivity index (χ1n) is 10.6. The summed E-state index contributed by atoms with van der Waals surface area (Å²) in [5.74, 6) is 1.95. The van der Waals surface area contributed by atoms with Gasteiger partial charge in [0.15, 0.2) is 0 Å². The molecule has 4 rings (SSSR count). The molecular weight excluding hydrogens is 470 g/mol. The van der Waals surface area contributed by atoms with Crippen LogP contribution in [0, 0.1) is 6.92 Å². The summed E-state index contributed by atoms with van der Waals surface area (Å²) in [5, 5.41) is 6.26. The van der Waals surface area contributed by atoms with Crippen molar-refractivity contribution in [1.82, 2.24) is 9.97 Å². The fraction of sp³-hybridized carbons (Fsp3) is 0.292. The SMILES string of the molecule is COc1ccc(Br)c(C(=O)Nc2ccc(Nc3cc(C)nc(N4CCCCC4)n3)cc2)c1. The predicted molar refractivity (Wildman–Crippen MR) is 131 cm³/mol. The number of carbonyl (C=O) groups is 1. The smallest absolute Gasteiger partial charge is 0.256 e. The maximum atomic E-state index is 12.7. The minimum absolute atomic E-state index is 0.214. The molecule has 0 bridgehead atoms. The zero-order valence-electron chi connectivity index (χ0n) is 18.2. The number of ether oxygens (including phenoxy) is 1. The monoisotopic (exact) mass is 495 g/mol. The van der Waals surface area contributed by atoms with Gasteiger partial charge in [-0.15, -0.1) is 0 Å². The summed E-state index contributed by atoms with van der Waals surface area (Å²) in [6.07, 6.45) is 3.63. The minimum atomic E-state index is -0.214. The summed E-state index contributed by atoms with van der Waals surface area (Å²) in [5.41, 5.74) is 3.01. The van der Waals surface area contributed by atoms with Crippen LogP contribution in [0.15, 0.2) is 53.0 Å². The van der Waals surface area contributed by atoms with Gasteiger partial charge in [-0.25, -0.2) is 4.98 Å². The molecule has 0 unspecified atom stereocenters. The molecule has 1 saturated heterocycles. The van der Waals surface area contributed by atoms with E-state index in [1.165, 1.54) is 19.3 Å². The fourth-order valence-corrected chi connectivity index (χ4v) is 4.07. The number of anilines is 4. The molecular formula is C24H26BrN5O2. The van der Waals surface area contributed by atoms with Crippen LogP contribution in [0.1, 0.15) is 35.3 Å². The molecule has 166 valence electrons. The highest BCUT2D eigenvalue weighted by atomic mass is 79.9. The Labute approximate surface area is 196 Å². The fourth-order valence-electron chi connectivity index (χ4n) is 3.64. The van der Waals surface area contributed by atoms with Gasteiger partial charge in [0.05, 0.1) is 12.7 Å². The standard InChI is InChI=1S/C24H26BrN5O2/c1-16-14-22(29-24(26-16)30-12-4-3-5-13-30)27-17-6-8-18(9-7-17)28-23(31)20-15-19(32-2)10-11-21(20)25/h6-11,14-15H,3-5,12-13H2,1-2H3,(H,28,31)(H,26,27,29). The lowest BCUT2D eigenvalue weighted by molar-refractivity contribution is 0.102. The van der Waals surface area contributed by atoms with Crippen molar-refractivity contribution < 1.29 is 9.53 Å². The van der Waals surface area contributed by atoms with Gasteiger partial charge in [0.2, 0.25) is 5.95 Å². The molecule has 0 atom stereocenters. The van der Waals surface area contributed by atoms with Crippen LogP contribution in [0.25, 0.3) is 0 Å². The molecule has 1 aliphatic rings. The van der Waals surface area contributed by atoms with E-state index >= 15 is 0 Å². The molecule has 1 aromatic heterocycles. The Morgan fingerprint density at radius 2 is 1.72 bits per heavy atom. The number of nitrogens with one attached hydrogen (secondary N) is 2. The Morgan fingerprint density at radius 3 is 2.44 bits per heavy atom. The van der Waals surface area contributed by atoms with Gasteiger partial charge < -0.3 is 20.3 Å². The van der Waals surface area contributed by atoms with Crippen molar-refractivity contribution in [2.45, 2.75) is 26.2 Å². The third kappa shape index (κ3) is 5.37. The van der Waals surface area contributed by atoms with Crippen LogP contribution in [0.2, 0.25) is 0 Å². The number of hydrogen-bond donors (Lipinski definition) is 2. The molecule has 7 nitrogen and oxygen atoms in total. The van der Waals surface area contributed by atoms with Crippen LogP contribution in [0.3, 0.4) is 0 Å². The van der Waals surface area contributed by atoms with E-state index in [1.807, 2.05) is 37.3 Å². The molecule has 0 saturated carbocycles. The lowest BCUT2D eigenvalue weighted by Crippen LogP contribution is -2.31. The number of benzene rings is 2. The molecule has 0 aliphatic carbocycles. The van der Waals surface area contributed by atoms with Gasteiger partial charge in [-0.2, -0.15) is 4.98 Å². The van der Waals surface area contributed by atoms with Crippen molar-refractivity contribution in [2.75, 3.05) is 35.7 Å². The summed E-state index contributed by atoms with van der Waals surface area (Å²) in [4.78, 5) is 24.2. The first kappa shape index (κ1) is 22.1. The Morgan fingerprint density at radius 1 is 1.00 bits per heavy atom. The van der Waals surface area contributed by atoms with Crippen molar-refractivity contribution >= 4 is 45.0 Å². The van der Waals surface area contributed by atoms with Gasteiger partial charge in [-0.1, -0.05) is 0 Å². The second-order valence-corrected chi connectivity index (χ2v) is 8.60. The van der Waals surface area contributed by atoms with Gasteiger partial charge in [0, 0.05) is 40.7 Å². The lowest BCUT2D eigenvalue weighted by Gasteiger charge is -2.27. The lowest BCUT2D eigenvalue weighted by atomic mass is 10.1. The third-order valence-corrected chi connectivity index (χ3v) is 6.01. The summed E-state index contributed by atoms with van der Waals surface area (Å²) in [6.45, 7) is 3.98. The summed E-state index contributed by atoms with van der Waals surface area (Å²) in [6, 6.07) is 14.8. The highest BCUT2D eigenvalue weighted by molar-refractivity contribution is 9.10. The van der Waals surface area contributed by atoms with Crippen LogP contribution < -0.4 is 20.3 Å². The number of nitrogens with zero attached hydrogens (tertiary/aromatic N) is 3. The van der Waals surface area contributed by atoms with Crippen molar-refractivity contribution in [3.63, 3.8) is 0 Å². The maximum Gasteiger partial charge on any atom is 0.256 e. The van der Waals surface area contributed by atoms with Crippen molar-refractivity contribution in [1.29, 1.82) is 0 Å². The van der Waals surface area contributed by atoms with Gasteiger partial charge >= 0.3 is 0 Å². The number of amides is 1. The number of aryl methyl sites for hydroxylation is 1. The number of methoxy groups -OCH3 is 1. The van der Waals surface area contributed by atoms with Gasteiger partial charge in [0.1, 0.15) is 11.6 Å². The number of rotatable bonds is 6. The van der Waals surface area contributed by atoms with E-state index in [-0.39, 0.29) is 5.91 Å². The molecule has 1 aliphatic heterocycles. The zero-order chi connectivity index (χ0) is 22.5. The second-order valence-electron chi connectivity index (χ2n) is 7.74. The van der Waals surface area contributed by atoms with Crippen LogP contribution in [-0.2, 0) is 0 Å². The number of aromatic nitrogens is 2. The molecule has 3 aromatic rings. The van der Waals surface area contributed by atoms with Gasteiger partial charge in [-0.3, -0.25) is 4.79 Å². The Bertz CT molecular complexity index is 1100. The number of halogens is 1. The van der Waals surface area contributed by atoms with Gasteiger partial charge in [0.25, 0.3) is 5.91 Å². The predicted octanol–water partition coefficient (Wildman–Crippen LogP) is 5.54. The zero-order valence-corrected chi connectivity index (χ0v) is 19.8. The van der Waals surface area contributed by atoms with E-state index in [0.717, 1.165) is 36.2 Å². The Balaban J connectivity index is 1.44. The van der Waals surface area contributed by atoms with E-state index in [1.54, 1.807) is 25.3 Å². The minimum Gasteiger partial charge on any atom is -0.497 e. The van der Waals surface area contributed by atoms with Crippen LogP contribution in [0.4, 0.5) is 23.1 Å². The molecule has 0 radical (unpaired) electrons. The van der Waals surface area contributed by atoms with Gasteiger partial charge in [-0.05, 0) is 84.6 Å². The van der Waals surface area contributed by atoms with Crippen molar-refractivity contribution in [3.8, 4) is 5.75 Å². The summed E-state index contributed by atoms with van der Waals surface area (Å²) in [7, 11) is 1.57. The average Bonchev–Trinajstić information content (AvgIpc) is 2.81. The number of hydrogen-bond acceptors (Lipinski definition) is 6. The van der Waals surface area contributed by atoms with E-state index in [2.05, 4.69) is 36.4 Å². The molecule has 1 fully saturated rings. The molecule has 8 heteroatoms. The van der Waals surface area contributed by atoms with Crippen molar-refractivity contribution in [2.24, 2.45) is 0 Å². The average molecular weight is 496 g/mol. The molecule has 0 spiro atoms. The first-order valence-corrected chi connectivity index (χ1v) is 11.4. The normalized spacial score (nSPS) is 13.5. The van der Waals surface area contributed by atoms with E-state index < -0.39 is 0 Å². The first-order chi connectivity index (χ1) is 15.5. The van der Waals surface area contributed by atoms with Crippen molar-refractivity contribution in [3.05, 3.63) is 64.3 Å². The number of piperidine rings is 1. The second kappa shape index (κ2) is 9.99. The molecule has 32 heavy (non-hydrogen) atoms. The summed E-state index contributed by atoms with van der Waals surface area (Å²) < 4.78 is 5.92. The summed E-state index contributed by atoms with van der Waals surface area (Å²) >= 11 is 3.42. The van der Waals surface area contributed by atoms with E-state index in [0.29, 0.717) is 21.5 Å². The largest absolute Gasteiger partial charge is 0.497 e. The third-order valence-electron chi connectivity index (χ3n) is 5.31. The maximum absolute atomic E-state index is 12.7.